The molecule has 3 heteroatoms. The number of carbonyl (C=O) groups is 1. The second kappa shape index (κ2) is 11.7. The van der Waals surface area contributed by atoms with Crippen LogP contribution in [-0.2, 0) is 9.53 Å². The molecule has 2 aromatic rings. The van der Waals surface area contributed by atoms with Crippen molar-refractivity contribution < 1.29 is 9.53 Å². The van der Waals surface area contributed by atoms with Gasteiger partial charge in [-0.25, -0.2) is 4.79 Å². The van der Waals surface area contributed by atoms with Crippen LogP contribution in [0.1, 0.15) is 56.6 Å². The molecule has 0 radical (unpaired) electrons. The Labute approximate surface area is 162 Å². The van der Waals surface area contributed by atoms with Crippen molar-refractivity contribution in [1.29, 1.82) is 5.26 Å². The number of unbranched alkanes of at least 4 members (excludes halogenated alkanes) is 5. The molecule has 0 unspecified atom stereocenters. The molecule has 2 rings (SSSR count). The summed E-state index contributed by atoms with van der Waals surface area (Å²) in [4.78, 5) is 11.8. The van der Waals surface area contributed by atoms with E-state index in [0.29, 0.717) is 17.7 Å². The van der Waals surface area contributed by atoms with E-state index in [4.69, 9.17) is 4.74 Å². The first-order valence-electron chi connectivity index (χ1n) is 9.69. The number of rotatable bonds is 10. The normalized spacial score (nSPS) is 10.7. The molecule has 0 spiro atoms. The quantitative estimate of drug-likeness (QED) is 0.290. The number of hydrogen-bond donors (Lipinski definition) is 0. The van der Waals surface area contributed by atoms with Gasteiger partial charge in [-0.1, -0.05) is 81.5 Å². The fourth-order valence-electron chi connectivity index (χ4n) is 2.87. The van der Waals surface area contributed by atoms with Crippen LogP contribution in [0, 0.1) is 11.3 Å². The van der Waals surface area contributed by atoms with E-state index in [-0.39, 0.29) is 5.97 Å². The van der Waals surface area contributed by atoms with Crippen LogP contribution in [0.2, 0.25) is 0 Å². The second-order valence-electron chi connectivity index (χ2n) is 6.55. The summed E-state index contributed by atoms with van der Waals surface area (Å²) < 4.78 is 5.23. The van der Waals surface area contributed by atoms with E-state index in [1.54, 1.807) is 6.08 Å². The highest BCUT2D eigenvalue weighted by atomic mass is 16.5. The third kappa shape index (κ3) is 7.11. The fourth-order valence-corrected chi connectivity index (χ4v) is 2.87. The van der Waals surface area contributed by atoms with Gasteiger partial charge in [0.25, 0.3) is 0 Å². The Bertz CT molecular complexity index is 788. The van der Waals surface area contributed by atoms with Crippen LogP contribution in [0.5, 0.6) is 0 Å². The van der Waals surface area contributed by atoms with Gasteiger partial charge in [0, 0.05) is 6.08 Å². The lowest BCUT2D eigenvalue weighted by Gasteiger charge is -2.05. The number of esters is 1. The van der Waals surface area contributed by atoms with Crippen LogP contribution in [0.15, 0.2) is 54.6 Å². The molecule has 0 N–H and O–H groups in total. The number of nitriles is 1. The van der Waals surface area contributed by atoms with Gasteiger partial charge in [-0.05, 0) is 35.3 Å². The van der Waals surface area contributed by atoms with Crippen LogP contribution in [0.4, 0.5) is 0 Å². The first kappa shape index (κ1) is 20.5. The predicted molar refractivity (Wildman–Crippen MR) is 110 cm³/mol. The van der Waals surface area contributed by atoms with Crippen molar-refractivity contribution in [3.63, 3.8) is 0 Å². The smallest absolute Gasteiger partial charge is 0.330 e. The molecule has 140 valence electrons. The lowest BCUT2D eigenvalue weighted by atomic mass is 9.99. The van der Waals surface area contributed by atoms with Gasteiger partial charge in [-0.15, -0.1) is 0 Å². The van der Waals surface area contributed by atoms with E-state index >= 15 is 0 Å². The van der Waals surface area contributed by atoms with Gasteiger partial charge in [-0.2, -0.15) is 5.26 Å². The topological polar surface area (TPSA) is 50.1 Å². The van der Waals surface area contributed by atoms with Crippen LogP contribution >= 0.6 is 0 Å². The Morgan fingerprint density at radius 1 is 1.00 bits per heavy atom. The third-order valence-electron chi connectivity index (χ3n) is 4.42. The zero-order valence-corrected chi connectivity index (χ0v) is 16.0. The van der Waals surface area contributed by atoms with Gasteiger partial charge in [0.05, 0.1) is 18.2 Å². The van der Waals surface area contributed by atoms with Crippen molar-refractivity contribution in [2.75, 3.05) is 6.61 Å². The monoisotopic (exact) mass is 361 g/mol. The van der Waals surface area contributed by atoms with Crippen LogP contribution in [-0.4, -0.2) is 12.6 Å². The molecule has 2 aromatic carbocycles. The summed E-state index contributed by atoms with van der Waals surface area (Å²) in [7, 11) is 0. The lowest BCUT2D eigenvalue weighted by Crippen LogP contribution is -2.02. The SMILES string of the molecule is CCCCCCCCOC(=O)C=Cc1ccc(-c2ccccc2)cc1C#N. The molecule has 0 aliphatic heterocycles. The van der Waals surface area contributed by atoms with Gasteiger partial charge in [0.1, 0.15) is 0 Å². The Hall–Kier alpha value is -2.86. The number of benzene rings is 2. The molecule has 0 atom stereocenters. The summed E-state index contributed by atoms with van der Waals surface area (Å²) >= 11 is 0. The van der Waals surface area contributed by atoms with Crippen molar-refractivity contribution in [1.82, 2.24) is 0 Å². The number of carbonyl (C=O) groups excluding carboxylic acids is 1. The minimum atomic E-state index is -0.361. The Morgan fingerprint density at radius 2 is 1.74 bits per heavy atom. The van der Waals surface area contributed by atoms with Crippen molar-refractivity contribution >= 4 is 12.0 Å². The number of hydrogen-bond acceptors (Lipinski definition) is 3. The lowest BCUT2D eigenvalue weighted by molar-refractivity contribution is -0.137. The number of ether oxygens (including phenoxy) is 1. The molecule has 0 saturated heterocycles. The molecule has 0 fully saturated rings. The summed E-state index contributed by atoms with van der Waals surface area (Å²) in [6.45, 7) is 2.65. The van der Waals surface area contributed by atoms with Crippen molar-refractivity contribution in [2.24, 2.45) is 0 Å². The first-order valence-corrected chi connectivity index (χ1v) is 9.69. The summed E-state index contributed by atoms with van der Waals surface area (Å²) in [6, 6.07) is 17.8. The van der Waals surface area contributed by atoms with Gasteiger partial charge in [0.15, 0.2) is 0 Å². The molecule has 0 aliphatic rings. The zero-order chi connectivity index (χ0) is 19.3. The minimum absolute atomic E-state index is 0.361. The minimum Gasteiger partial charge on any atom is -0.463 e. The molecule has 27 heavy (non-hydrogen) atoms. The Kier molecular flexibility index (Phi) is 8.86. The fraction of sp³-hybridized carbons (Fsp3) is 0.333. The molecule has 0 aromatic heterocycles. The molecular weight excluding hydrogens is 334 g/mol. The summed E-state index contributed by atoms with van der Waals surface area (Å²) in [5.41, 5.74) is 3.29. The Balaban J connectivity index is 1.87. The van der Waals surface area contributed by atoms with Gasteiger partial charge in [0.2, 0.25) is 0 Å². The van der Waals surface area contributed by atoms with E-state index in [1.165, 1.54) is 31.8 Å². The average molecular weight is 361 g/mol. The van der Waals surface area contributed by atoms with Crippen LogP contribution in [0.3, 0.4) is 0 Å². The third-order valence-corrected chi connectivity index (χ3v) is 4.42. The summed E-state index contributed by atoms with van der Waals surface area (Å²) in [5.74, 6) is -0.361. The van der Waals surface area contributed by atoms with E-state index < -0.39 is 0 Å². The first-order chi connectivity index (χ1) is 13.2. The molecule has 0 aliphatic carbocycles. The van der Waals surface area contributed by atoms with Gasteiger partial charge in [-0.3, -0.25) is 0 Å². The highest BCUT2D eigenvalue weighted by Crippen LogP contribution is 2.22. The molecule has 0 heterocycles. The molecule has 0 amide bonds. The predicted octanol–water partition coefficient (Wildman–Crippen LogP) is 6.14. The van der Waals surface area contributed by atoms with Crippen LogP contribution in [0.25, 0.3) is 17.2 Å². The Morgan fingerprint density at radius 3 is 2.48 bits per heavy atom. The van der Waals surface area contributed by atoms with Crippen LogP contribution < -0.4 is 0 Å². The van der Waals surface area contributed by atoms with E-state index in [0.717, 1.165) is 24.0 Å². The average Bonchev–Trinajstić information content (AvgIpc) is 2.72. The second-order valence-corrected chi connectivity index (χ2v) is 6.55. The molecule has 0 saturated carbocycles. The highest BCUT2D eigenvalue weighted by Gasteiger charge is 2.04. The van der Waals surface area contributed by atoms with Crippen molar-refractivity contribution in [3.8, 4) is 17.2 Å². The van der Waals surface area contributed by atoms with E-state index in [9.17, 15) is 10.1 Å². The maximum Gasteiger partial charge on any atom is 0.330 e. The van der Waals surface area contributed by atoms with Crippen molar-refractivity contribution in [2.45, 2.75) is 45.4 Å². The molecular formula is C24H27NO2. The molecule has 0 bridgehead atoms. The summed E-state index contributed by atoms with van der Waals surface area (Å²) in [6.07, 6.45) is 9.99. The highest BCUT2D eigenvalue weighted by molar-refractivity contribution is 5.87. The zero-order valence-electron chi connectivity index (χ0n) is 16.0. The van der Waals surface area contributed by atoms with Gasteiger partial charge < -0.3 is 4.74 Å². The van der Waals surface area contributed by atoms with E-state index in [2.05, 4.69) is 13.0 Å². The molecule has 3 nitrogen and oxygen atoms in total. The number of nitrogens with zero attached hydrogens (tertiary/aromatic N) is 1. The maximum atomic E-state index is 11.8. The largest absolute Gasteiger partial charge is 0.463 e. The van der Waals surface area contributed by atoms with E-state index in [1.807, 2.05) is 48.5 Å². The van der Waals surface area contributed by atoms with Gasteiger partial charge >= 0.3 is 5.97 Å². The van der Waals surface area contributed by atoms with Crippen molar-refractivity contribution in [3.05, 3.63) is 65.7 Å². The maximum absolute atomic E-state index is 11.8. The summed E-state index contributed by atoms with van der Waals surface area (Å²) in [5, 5.41) is 9.42. The standard InChI is InChI=1S/C24H27NO2/c1-2-3-4-5-6-10-17-27-24(26)16-15-21-13-14-22(18-23(21)19-25)20-11-8-7-9-12-20/h7-9,11-16,18H,2-6,10,17H2,1H3.